The van der Waals surface area contributed by atoms with Gasteiger partial charge in [0.15, 0.2) is 0 Å². The summed E-state index contributed by atoms with van der Waals surface area (Å²) in [6.45, 7) is 4.42. The van der Waals surface area contributed by atoms with E-state index in [1.165, 1.54) is 0 Å². The molecule has 0 amide bonds. The quantitative estimate of drug-likeness (QED) is 0.775. The van der Waals surface area contributed by atoms with E-state index in [4.69, 9.17) is 4.74 Å². The molecule has 2 aliphatic heterocycles. The van der Waals surface area contributed by atoms with Gasteiger partial charge >= 0.3 is 0 Å². The highest BCUT2D eigenvalue weighted by atomic mass is 32.2. The molecule has 0 N–H and O–H groups in total. The van der Waals surface area contributed by atoms with Crippen LogP contribution in [0.1, 0.15) is 31.9 Å². The smallest absolute Gasteiger partial charge is 0.214 e. The van der Waals surface area contributed by atoms with Gasteiger partial charge in [-0.3, -0.25) is 9.88 Å². The average molecular weight is 353 g/mol. The van der Waals surface area contributed by atoms with Gasteiger partial charge in [0, 0.05) is 31.9 Å². The van der Waals surface area contributed by atoms with Crippen molar-refractivity contribution in [3.8, 4) is 0 Å². The Hall–Kier alpha value is -1.02. The molecule has 0 bridgehead atoms. The number of hydrogen-bond acceptors (Lipinski definition) is 5. The normalized spacial score (nSPS) is 28.2. The number of aromatic nitrogens is 1. The second-order valence-corrected chi connectivity index (χ2v) is 9.08. The summed E-state index contributed by atoms with van der Waals surface area (Å²) in [7, 11) is -1.04. The summed E-state index contributed by atoms with van der Waals surface area (Å²) in [6.07, 6.45) is 4.14. The van der Waals surface area contributed by atoms with Gasteiger partial charge in [0.2, 0.25) is 10.0 Å². The molecule has 2 aliphatic rings. The van der Waals surface area contributed by atoms with Crippen molar-refractivity contribution in [2.45, 2.75) is 44.4 Å². The minimum absolute atomic E-state index is 0.228. The summed E-state index contributed by atoms with van der Waals surface area (Å²) in [5, 5.41) is 0. The first-order chi connectivity index (χ1) is 11.4. The first-order valence-corrected chi connectivity index (χ1v) is 10.3. The van der Waals surface area contributed by atoms with Crippen molar-refractivity contribution in [2.75, 3.05) is 32.5 Å². The van der Waals surface area contributed by atoms with Crippen molar-refractivity contribution in [1.29, 1.82) is 0 Å². The molecule has 0 unspecified atom stereocenters. The van der Waals surface area contributed by atoms with E-state index in [-0.39, 0.29) is 11.4 Å². The maximum absolute atomic E-state index is 12.3. The molecule has 3 heterocycles. The van der Waals surface area contributed by atoms with Crippen molar-refractivity contribution in [1.82, 2.24) is 14.2 Å². The van der Waals surface area contributed by atoms with E-state index >= 15 is 0 Å². The monoisotopic (exact) mass is 353 g/mol. The molecule has 3 rings (SSSR count). The lowest BCUT2D eigenvalue weighted by Gasteiger charge is -2.25. The molecule has 2 fully saturated rings. The summed E-state index contributed by atoms with van der Waals surface area (Å²) in [6, 6.07) is 6.24. The van der Waals surface area contributed by atoms with Crippen LogP contribution in [0.5, 0.6) is 0 Å². The first kappa shape index (κ1) is 17.8. The molecule has 2 atom stereocenters. The fourth-order valence-electron chi connectivity index (χ4n) is 3.70. The Labute approximate surface area is 144 Å². The molecular weight excluding hydrogens is 326 g/mol. The zero-order chi connectivity index (χ0) is 17.2. The molecule has 0 radical (unpaired) electrons. The van der Waals surface area contributed by atoms with Gasteiger partial charge in [0.25, 0.3) is 0 Å². The molecular formula is C17H27N3O3S. The van der Waals surface area contributed by atoms with Crippen LogP contribution in [0.4, 0.5) is 0 Å². The van der Waals surface area contributed by atoms with Crippen molar-refractivity contribution in [3.05, 3.63) is 30.1 Å². The Bertz CT molecular complexity index is 652. The van der Waals surface area contributed by atoms with Crippen molar-refractivity contribution < 1.29 is 13.2 Å². The number of sulfonamides is 1. The third-order valence-corrected chi connectivity index (χ3v) is 7.11. The second kappa shape index (κ2) is 7.07. The van der Waals surface area contributed by atoms with Gasteiger partial charge < -0.3 is 4.74 Å². The predicted molar refractivity (Wildman–Crippen MR) is 93.1 cm³/mol. The fourth-order valence-corrected chi connectivity index (χ4v) is 5.27. The highest BCUT2D eigenvalue weighted by Gasteiger charge is 2.48. The SMILES string of the molecule is CCCS(=O)(=O)N1CC[C@@]2(C[C@@H](N(C)Cc3ccccn3)CO2)C1. The van der Waals surface area contributed by atoms with Crippen LogP contribution in [0.2, 0.25) is 0 Å². The topological polar surface area (TPSA) is 62.7 Å². The second-order valence-electron chi connectivity index (χ2n) is 6.99. The molecule has 0 aromatic carbocycles. The number of pyridine rings is 1. The highest BCUT2D eigenvalue weighted by Crippen LogP contribution is 2.37. The Kier molecular flexibility index (Phi) is 5.24. The van der Waals surface area contributed by atoms with E-state index in [2.05, 4.69) is 16.9 Å². The molecule has 1 aromatic heterocycles. The van der Waals surface area contributed by atoms with E-state index < -0.39 is 10.0 Å². The van der Waals surface area contributed by atoms with Crippen LogP contribution in [-0.4, -0.2) is 66.7 Å². The van der Waals surface area contributed by atoms with Crippen LogP contribution in [0.25, 0.3) is 0 Å². The lowest BCUT2D eigenvalue weighted by molar-refractivity contribution is 0.0153. The Balaban J connectivity index is 1.59. The molecule has 24 heavy (non-hydrogen) atoms. The summed E-state index contributed by atoms with van der Waals surface area (Å²) in [5.74, 6) is 0.228. The van der Waals surface area contributed by atoms with Gasteiger partial charge in [-0.2, -0.15) is 4.31 Å². The standard InChI is InChI=1S/C17H27N3O3S/c1-3-10-24(21,22)20-9-7-17(14-20)11-16(13-23-17)19(2)12-15-6-4-5-8-18-15/h4-6,8,16H,3,7,9-14H2,1-2H3/t16-,17-/m1/s1. The van der Waals surface area contributed by atoms with Gasteiger partial charge in [-0.25, -0.2) is 8.42 Å². The van der Waals surface area contributed by atoms with E-state index in [0.29, 0.717) is 32.2 Å². The van der Waals surface area contributed by atoms with Crippen LogP contribution < -0.4 is 0 Å². The lowest BCUT2D eigenvalue weighted by Crippen LogP contribution is -2.38. The van der Waals surface area contributed by atoms with E-state index in [9.17, 15) is 8.42 Å². The van der Waals surface area contributed by atoms with Crippen molar-refractivity contribution in [2.24, 2.45) is 0 Å². The molecule has 1 spiro atoms. The maximum atomic E-state index is 12.3. The van der Waals surface area contributed by atoms with Gasteiger partial charge in [-0.05, 0) is 38.4 Å². The van der Waals surface area contributed by atoms with E-state index in [1.807, 2.05) is 31.3 Å². The third-order valence-electron chi connectivity index (χ3n) is 5.09. The summed E-state index contributed by atoms with van der Waals surface area (Å²) < 4.78 is 32.3. The minimum Gasteiger partial charge on any atom is -0.372 e. The van der Waals surface area contributed by atoms with Crippen molar-refractivity contribution >= 4 is 10.0 Å². The van der Waals surface area contributed by atoms with Crippen molar-refractivity contribution in [3.63, 3.8) is 0 Å². The zero-order valence-electron chi connectivity index (χ0n) is 14.5. The molecule has 2 saturated heterocycles. The summed E-state index contributed by atoms with van der Waals surface area (Å²) in [4.78, 5) is 6.64. The maximum Gasteiger partial charge on any atom is 0.214 e. The van der Waals surface area contributed by atoms with Crippen LogP contribution >= 0.6 is 0 Å². The molecule has 6 nitrogen and oxygen atoms in total. The first-order valence-electron chi connectivity index (χ1n) is 8.66. The number of rotatable bonds is 6. The number of ether oxygens (including phenoxy) is 1. The van der Waals surface area contributed by atoms with E-state index in [0.717, 1.165) is 25.1 Å². The van der Waals surface area contributed by atoms with Crippen LogP contribution in [0.3, 0.4) is 0 Å². The Morgan fingerprint density at radius 3 is 3.00 bits per heavy atom. The Morgan fingerprint density at radius 1 is 1.46 bits per heavy atom. The predicted octanol–water partition coefficient (Wildman–Crippen LogP) is 1.49. The van der Waals surface area contributed by atoms with Crippen LogP contribution in [-0.2, 0) is 21.3 Å². The molecule has 7 heteroatoms. The van der Waals surface area contributed by atoms with Gasteiger partial charge in [-0.15, -0.1) is 0 Å². The Morgan fingerprint density at radius 2 is 2.29 bits per heavy atom. The number of nitrogens with zero attached hydrogens (tertiary/aromatic N) is 3. The minimum atomic E-state index is -3.13. The molecule has 0 aliphatic carbocycles. The summed E-state index contributed by atoms with van der Waals surface area (Å²) in [5.41, 5.74) is 0.739. The molecule has 0 saturated carbocycles. The highest BCUT2D eigenvalue weighted by molar-refractivity contribution is 7.89. The average Bonchev–Trinajstić information content (AvgIpc) is 3.17. The third kappa shape index (κ3) is 3.79. The largest absolute Gasteiger partial charge is 0.372 e. The fraction of sp³-hybridized carbons (Fsp3) is 0.706. The van der Waals surface area contributed by atoms with Crippen LogP contribution in [0.15, 0.2) is 24.4 Å². The van der Waals surface area contributed by atoms with Gasteiger partial charge in [0.1, 0.15) is 0 Å². The summed E-state index contributed by atoms with van der Waals surface area (Å²) >= 11 is 0. The molecule has 134 valence electrons. The zero-order valence-corrected chi connectivity index (χ0v) is 15.3. The van der Waals surface area contributed by atoms with E-state index in [1.54, 1.807) is 4.31 Å². The number of hydrogen-bond donors (Lipinski definition) is 0. The molecule has 1 aromatic rings. The lowest BCUT2D eigenvalue weighted by atomic mass is 9.96. The number of likely N-dealkylation sites (N-methyl/N-ethyl adjacent to an activating group) is 1. The van der Waals surface area contributed by atoms with Gasteiger partial charge in [-0.1, -0.05) is 13.0 Å². The van der Waals surface area contributed by atoms with Gasteiger partial charge in [0.05, 0.1) is 23.7 Å². The van der Waals surface area contributed by atoms with Crippen LogP contribution in [0, 0.1) is 0 Å².